The second kappa shape index (κ2) is 10.5. The molecule has 0 radical (unpaired) electrons. The first-order valence-electron chi connectivity index (χ1n) is 10.5. The van der Waals surface area contributed by atoms with E-state index in [0.717, 1.165) is 31.1 Å². The first-order chi connectivity index (χ1) is 15.2. The molecule has 0 aliphatic carbocycles. The molecule has 2 heterocycles. The van der Waals surface area contributed by atoms with Gasteiger partial charge in [0.15, 0.2) is 5.16 Å². The zero-order valence-corrected chi connectivity index (χ0v) is 18.5. The Balaban J connectivity index is 1.40. The first kappa shape index (κ1) is 21.4. The molecule has 0 unspecified atom stereocenters. The van der Waals surface area contributed by atoms with Gasteiger partial charge in [-0.15, -0.1) is 10.2 Å². The van der Waals surface area contributed by atoms with E-state index in [1.807, 2.05) is 47.0 Å². The SMILES string of the molecule is Cc1ccccc1CCNC(=O)CSc1nnc(N2CCOCC2)n1-c1ccccc1. The molecule has 162 valence electrons. The quantitative estimate of drug-likeness (QED) is 0.547. The number of rotatable bonds is 8. The van der Waals surface area contributed by atoms with Crippen LogP contribution in [0.4, 0.5) is 5.95 Å². The molecule has 7 nitrogen and oxygen atoms in total. The van der Waals surface area contributed by atoms with Crippen LogP contribution in [0, 0.1) is 6.92 Å². The van der Waals surface area contributed by atoms with Crippen molar-refractivity contribution in [1.82, 2.24) is 20.1 Å². The minimum atomic E-state index is -0.00545. The number of nitrogens with one attached hydrogen (secondary N) is 1. The minimum Gasteiger partial charge on any atom is -0.378 e. The van der Waals surface area contributed by atoms with Gasteiger partial charge in [-0.1, -0.05) is 54.2 Å². The molecule has 0 saturated carbocycles. The Labute approximate surface area is 186 Å². The number of morpholine rings is 1. The van der Waals surface area contributed by atoms with Gasteiger partial charge in [0.2, 0.25) is 11.9 Å². The Morgan fingerprint density at radius 1 is 1.06 bits per heavy atom. The van der Waals surface area contributed by atoms with Crippen LogP contribution in [0.1, 0.15) is 11.1 Å². The highest BCUT2D eigenvalue weighted by Crippen LogP contribution is 2.27. The van der Waals surface area contributed by atoms with Crippen LogP contribution in [0.2, 0.25) is 0 Å². The van der Waals surface area contributed by atoms with Gasteiger partial charge in [0, 0.05) is 19.6 Å². The molecule has 1 N–H and O–H groups in total. The van der Waals surface area contributed by atoms with Crippen LogP contribution < -0.4 is 10.2 Å². The summed E-state index contributed by atoms with van der Waals surface area (Å²) in [6.45, 7) is 5.61. The average Bonchev–Trinajstić information content (AvgIpc) is 3.24. The Kier molecular flexibility index (Phi) is 7.22. The molecule has 8 heteroatoms. The summed E-state index contributed by atoms with van der Waals surface area (Å²) in [6.07, 6.45) is 0.824. The molecule has 1 fully saturated rings. The Hall–Kier alpha value is -2.84. The Bertz CT molecular complexity index is 1000. The molecule has 0 atom stereocenters. The lowest BCUT2D eigenvalue weighted by molar-refractivity contribution is -0.118. The van der Waals surface area contributed by atoms with Crippen molar-refractivity contribution in [3.8, 4) is 5.69 Å². The fourth-order valence-electron chi connectivity index (χ4n) is 3.54. The number of ether oxygens (including phenoxy) is 1. The summed E-state index contributed by atoms with van der Waals surface area (Å²) in [7, 11) is 0. The van der Waals surface area contributed by atoms with Gasteiger partial charge in [-0.3, -0.25) is 9.36 Å². The molecule has 4 rings (SSSR count). The van der Waals surface area contributed by atoms with Crippen molar-refractivity contribution in [3.63, 3.8) is 0 Å². The van der Waals surface area contributed by atoms with Crippen molar-refractivity contribution >= 4 is 23.6 Å². The number of benzene rings is 2. The maximum absolute atomic E-state index is 12.4. The second-order valence-corrected chi connectivity index (χ2v) is 8.31. The molecule has 0 bridgehead atoms. The van der Waals surface area contributed by atoms with Crippen molar-refractivity contribution in [2.75, 3.05) is 43.5 Å². The van der Waals surface area contributed by atoms with Gasteiger partial charge in [0.25, 0.3) is 0 Å². The lowest BCUT2D eigenvalue weighted by Crippen LogP contribution is -2.37. The third-order valence-corrected chi connectivity index (χ3v) is 6.16. The van der Waals surface area contributed by atoms with Crippen LogP contribution in [0.15, 0.2) is 59.8 Å². The summed E-state index contributed by atoms with van der Waals surface area (Å²) in [6, 6.07) is 18.3. The van der Waals surface area contributed by atoms with Crippen LogP contribution in [-0.2, 0) is 16.0 Å². The van der Waals surface area contributed by atoms with E-state index >= 15 is 0 Å². The van der Waals surface area contributed by atoms with Crippen LogP contribution >= 0.6 is 11.8 Å². The largest absolute Gasteiger partial charge is 0.378 e. The minimum absolute atomic E-state index is 0.00545. The number of anilines is 1. The van der Waals surface area contributed by atoms with E-state index in [1.165, 1.54) is 22.9 Å². The standard InChI is InChI=1S/C23H27N5O2S/c1-18-7-5-6-8-19(18)11-12-24-21(29)17-31-23-26-25-22(27-13-15-30-16-14-27)28(23)20-9-3-2-4-10-20/h2-10H,11-17H2,1H3,(H,24,29). The Morgan fingerprint density at radius 3 is 2.58 bits per heavy atom. The summed E-state index contributed by atoms with van der Waals surface area (Å²) in [5, 5.41) is 12.6. The number of amides is 1. The molecule has 1 amide bonds. The van der Waals surface area contributed by atoms with Crippen LogP contribution in [0.5, 0.6) is 0 Å². The molecular weight excluding hydrogens is 410 g/mol. The number of carbonyl (C=O) groups is 1. The van der Waals surface area contributed by atoms with Gasteiger partial charge in [-0.25, -0.2) is 0 Å². The van der Waals surface area contributed by atoms with Crippen molar-refractivity contribution in [1.29, 1.82) is 0 Å². The molecule has 0 spiro atoms. The van der Waals surface area contributed by atoms with E-state index in [4.69, 9.17) is 4.74 Å². The van der Waals surface area contributed by atoms with E-state index < -0.39 is 0 Å². The van der Waals surface area contributed by atoms with Gasteiger partial charge in [-0.05, 0) is 36.6 Å². The zero-order chi connectivity index (χ0) is 21.5. The number of para-hydroxylation sites is 1. The second-order valence-electron chi connectivity index (χ2n) is 7.37. The summed E-state index contributed by atoms with van der Waals surface area (Å²) in [4.78, 5) is 14.6. The zero-order valence-electron chi connectivity index (χ0n) is 17.7. The molecule has 3 aromatic rings. The topological polar surface area (TPSA) is 72.3 Å². The van der Waals surface area contributed by atoms with Crippen molar-refractivity contribution < 1.29 is 9.53 Å². The monoisotopic (exact) mass is 437 g/mol. The van der Waals surface area contributed by atoms with E-state index in [1.54, 1.807) is 0 Å². The number of carbonyl (C=O) groups excluding carboxylic acids is 1. The molecular formula is C23H27N5O2S. The highest BCUT2D eigenvalue weighted by atomic mass is 32.2. The highest BCUT2D eigenvalue weighted by molar-refractivity contribution is 7.99. The summed E-state index contributed by atoms with van der Waals surface area (Å²) in [5.41, 5.74) is 3.49. The van der Waals surface area contributed by atoms with E-state index in [-0.39, 0.29) is 5.91 Å². The number of aryl methyl sites for hydroxylation is 1. The van der Waals surface area contributed by atoms with Gasteiger partial charge < -0.3 is 15.0 Å². The van der Waals surface area contributed by atoms with E-state index in [0.29, 0.717) is 30.7 Å². The lowest BCUT2D eigenvalue weighted by Gasteiger charge is -2.27. The Morgan fingerprint density at radius 2 is 1.81 bits per heavy atom. The van der Waals surface area contributed by atoms with Crippen LogP contribution in [-0.4, -0.2) is 59.3 Å². The van der Waals surface area contributed by atoms with Gasteiger partial charge >= 0.3 is 0 Å². The van der Waals surface area contributed by atoms with E-state index in [9.17, 15) is 4.79 Å². The average molecular weight is 438 g/mol. The normalized spacial score (nSPS) is 13.9. The van der Waals surface area contributed by atoms with Crippen molar-refractivity contribution in [2.24, 2.45) is 0 Å². The predicted octanol–water partition coefficient (Wildman–Crippen LogP) is 2.86. The number of nitrogens with zero attached hydrogens (tertiary/aromatic N) is 4. The maximum Gasteiger partial charge on any atom is 0.232 e. The third-order valence-electron chi connectivity index (χ3n) is 5.23. The van der Waals surface area contributed by atoms with Gasteiger partial charge in [-0.2, -0.15) is 0 Å². The van der Waals surface area contributed by atoms with Crippen molar-refractivity contribution in [3.05, 3.63) is 65.7 Å². The van der Waals surface area contributed by atoms with Gasteiger partial charge in [0.1, 0.15) is 0 Å². The highest BCUT2D eigenvalue weighted by Gasteiger charge is 2.22. The summed E-state index contributed by atoms with van der Waals surface area (Å²) >= 11 is 1.40. The fourth-order valence-corrected chi connectivity index (χ4v) is 4.31. The van der Waals surface area contributed by atoms with Gasteiger partial charge in [0.05, 0.1) is 24.7 Å². The van der Waals surface area contributed by atoms with Crippen molar-refractivity contribution in [2.45, 2.75) is 18.5 Å². The maximum atomic E-state index is 12.4. The third kappa shape index (κ3) is 5.45. The fraction of sp³-hybridized carbons (Fsp3) is 0.348. The first-order valence-corrected chi connectivity index (χ1v) is 11.5. The van der Waals surface area contributed by atoms with Crippen LogP contribution in [0.25, 0.3) is 5.69 Å². The summed E-state index contributed by atoms with van der Waals surface area (Å²) < 4.78 is 7.50. The predicted molar refractivity (Wildman–Crippen MR) is 123 cm³/mol. The molecule has 1 aliphatic rings. The van der Waals surface area contributed by atoms with E-state index in [2.05, 4.69) is 39.5 Å². The number of hydrogen-bond donors (Lipinski definition) is 1. The number of thioether (sulfide) groups is 1. The molecule has 31 heavy (non-hydrogen) atoms. The van der Waals surface area contributed by atoms with Crippen LogP contribution in [0.3, 0.4) is 0 Å². The lowest BCUT2D eigenvalue weighted by atomic mass is 10.1. The smallest absolute Gasteiger partial charge is 0.232 e. The summed E-state index contributed by atoms with van der Waals surface area (Å²) in [5.74, 6) is 1.08. The molecule has 2 aromatic carbocycles. The number of aromatic nitrogens is 3. The number of hydrogen-bond acceptors (Lipinski definition) is 6. The molecule has 1 aliphatic heterocycles. The molecule has 1 aromatic heterocycles. The molecule has 1 saturated heterocycles.